The molecule has 1 heterocycles. The summed E-state index contributed by atoms with van der Waals surface area (Å²) in [6, 6.07) is 16.3. The Morgan fingerprint density at radius 2 is 1.93 bits per heavy atom. The predicted molar refractivity (Wildman–Crippen MR) is 108 cm³/mol. The van der Waals surface area contributed by atoms with Crippen molar-refractivity contribution in [3.05, 3.63) is 59.9 Å². The SMILES string of the molecule is CCCC(=O)NCCCc1nc2ccccc2n1Cc1ccccc1OC. The van der Waals surface area contributed by atoms with E-state index in [-0.39, 0.29) is 5.91 Å². The van der Waals surface area contributed by atoms with E-state index in [9.17, 15) is 4.79 Å². The van der Waals surface area contributed by atoms with Crippen molar-refractivity contribution in [2.24, 2.45) is 0 Å². The number of nitrogens with one attached hydrogen (secondary N) is 1. The van der Waals surface area contributed by atoms with E-state index >= 15 is 0 Å². The normalized spacial score (nSPS) is 10.9. The highest BCUT2D eigenvalue weighted by Gasteiger charge is 2.12. The number of hydrogen-bond acceptors (Lipinski definition) is 3. The van der Waals surface area contributed by atoms with Crippen molar-refractivity contribution in [3.8, 4) is 5.75 Å². The molecule has 0 saturated heterocycles. The molecule has 5 heteroatoms. The molecule has 0 bridgehead atoms. The lowest BCUT2D eigenvalue weighted by molar-refractivity contribution is -0.121. The molecule has 2 aromatic carbocycles. The van der Waals surface area contributed by atoms with Gasteiger partial charge in [0.1, 0.15) is 11.6 Å². The van der Waals surface area contributed by atoms with Crippen molar-refractivity contribution in [2.45, 2.75) is 39.2 Å². The van der Waals surface area contributed by atoms with Gasteiger partial charge in [0, 0.05) is 24.9 Å². The molecule has 1 N–H and O–H groups in total. The summed E-state index contributed by atoms with van der Waals surface area (Å²) >= 11 is 0. The Labute approximate surface area is 160 Å². The highest BCUT2D eigenvalue weighted by Crippen LogP contribution is 2.23. The van der Waals surface area contributed by atoms with Gasteiger partial charge in [0.05, 0.1) is 24.7 Å². The first kappa shape index (κ1) is 19.0. The fourth-order valence-electron chi connectivity index (χ4n) is 3.29. The molecule has 3 rings (SSSR count). The van der Waals surface area contributed by atoms with Gasteiger partial charge in [-0.15, -0.1) is 0 Å². The largest absolute Gasteiger partial charge is 0.496 e. The number of ether oxygens (including phenoxy) is 1. The zero-order chi connectivity index (χ0) is 19.1. The Kier molecular flexibility index (Phi) is 6.47. The summed E-state index contributed by atoms with van der Waals surface area (Å²) in [5, 5.41) is 2.98. The molecular weight excluding hydrogens is 338 g/mol. The molecular formula is C22H27N3O2. The van der Waals surface area contributed by atoms with Crippen molar-refractivity contribution in [3.63, 3.8) is 0 Å². The van der Waals surface area contributed by atoms with E-state index in [1.54, 1.807) is 7.11 Å². The quantitative estimate of drug-likeness (QED) is 0.584. The van der Waals surface area contributed by atoms with Gasteiger partial charge in [0.15, 0.2) is 0 Å². The number of aromatic nitrogens is 2. The minimum Gasteiger partial charge on any atom is -0.496 e. The molecule has 0 fully saturated rings. The van der Waals surface area contributed by atoms with Gasteiger partial charge < -0.3 is 14.6 Å². The standard InChI is InChI=1S/C22H27N3O2/c1-3-9-22(26)23-15-8-14-21-24-18-11-5-6-12-19(18)25(21)16-17-10-4-7-13-20(17)27-2/h4-7,10-13H,3,8-9,14-16H2,1-2H3,(H,23,26). The number of nitrogens with zero attached hydrogens (tertiary/aromatic N) is 2. The third-order valence-corrected chi connectivity index (χ3v) is 4.63. The molecule has 0 unspecified atom stereocenters. The molecule has 0 spiro atoms. The van der Waals surface area contributed by atoms with Gasteiger partial charge >= 0.3 is 0 Å². The van der Waals surface area contributed by atoms with Gasteiger partial charge in [-0.05, 0) is 31.0 Å². The van der Waals surface area contributed by atoms with Crippen LogP contribution in [0.25, 0.3) is 11.0 Å². The van der Waals surface area contributed by atoms with Crippen LogP contribution in [0, 0.1) is 0 Å². The number of amides is 1. The third kappa shape index (κ3) is 4.67. The Bertz CT molecular complexity index is 901. The third-order valence-electron chi connectivity index (χ3n) is 4.63. The van der Waals surface area contributed by atoms with Crippen LogP contribution in [-0.4, -0.2) is 29.1 Å². The van der Waals surface area contributed by atoms with Crippen molar-refractivity contribution in [1.82, 2.24) is 14.9 Å². The van der Waals surface area contributed by atoms with Crippen LogP contribution in [0.5, 0.6) is 5.75 Å². The molecule has 142 valence electrons. The van der Waals surface area contributed by atoms with E-state index in [1.807, 2.05) is 43.3 Å². The van der Waals surface area contributed by atoms with Crippen LogP contribution in [-0.2, 0) is 17.8 Å². The molecule has 0 atom stereocenters. The summed E-state index contributed by atoms with van der Waals surface area (Å²) in [5.41, 5.74) is 3.24. The van der Waals surface area contributed by atoms with E-state index in [4.69, 9.17) is 9.72 Å². The van der Waals surface area contributed by atoms with Crippen molar-refractivity contribution >= 4 is 16.9 Å². The first-order valence-corrected chi connectivity index (χ1v) is 9.55. The lowest BCUT2D eigenvalue weighted by Gasteiger charge is -2.13. The molecule has 0 aliphatic heterocycles. The summed E-state index contributed by atoms with van der Waals surface area (Å²) in [5.74, 6) is 2.04. The van der Waals surface area contributed by atoms with Gasteiger partial charge in [0.2, 0.25) is 5.91 Å². The fourth-order valence-corrected chi connectivity index (χ4v) is 3.29. The number of para-hydroxylation sites is 3. The summed E-state index contributed by atoms with van der Waals surface area (Å²) < 4.78 is 7.76. The number of aryl methyl sites for hydroxylation is 1. The second-order valence-electron chi connectivity index (χ2n) is 6.62. The average molecular weight is 365 g/mol. The first-order valence-electron chi connectivity index (χ1n) is 9.55. The van der Waals surface area contributed by atoms with Crippen LogP contribution < -0.4 is 10.1 Å². The topological polar surface area (TPSA) is 56.2 Å². The lowest BCUT2D eigenvalue weighted by atomic mass is 10.2. The fraction of sp³-hybridized carbons (Fsp3) is 0.364. The molecule has 5 nitrogen and oxygen atoms in total. The number of rotatable bonds is 9. The lowest BCUT2D eigenvalue weighted by Crippen LogP contribution is -2.24. The van der Waals surface area contributed by atoms with Crippen LogP contribution in [0.15, 0.2) is 48.5 Å². The second-order valence-corrected chi connectivity index (χ2v) is 6.62. The Morgan fingerprint density at radius 1 is 1.15 bits per heavy atom. The zero-order valence-corrected chi connectivity index (χ0v) is 16.1. The number of carbonyl (C=O) groups is 1. The van der Waals surface area contributed by atoms with Gasteiger partial charge in [-0.2, -0.15) is 0 Å². The molecule has 0 aliphatic rings. The van der Waals surface area contributed by atoms with Crippen LogP contribution in [0.1, 0.15) is 37.6 Å². The van der Waals surface area contributed by atoms with Crippen molar-refractivity contribution < 1.29 is 9.53 Å². The number of imidazole rings is 1. The smallest absolute Gasteiger partial charge is 0.219 e. The maximum absolute atomic E-state index is 11.6. The second kappa shape index (κ2) is 9.21. The Hall–Kier alpha value is -2.82. The highest BCUT2D eigenvalue weighted by atomic mass is 16.5. The number of benzene rings is 2. The van der Waals surface area contributed by atoms with E-state index < -0.39 is 0 Å². The van der Waals surface area contributed by atoms with Crippen molar-refractivity contribution in [1.29, 1.82) is 0 Å². The number of fused-ring (bicyclic) bond motifs is 1. The highest BCUT2D eigenvalue weighted by molar-refractivity contribution is 5.76. The Morgan fingerprint density at radius 3 is 2.74 bits per heavy atom. The predicted octanol–water partition coefficient (Wildman–Crippen LogP) is 3.94. The van der Waals surface area contributed by atoms with Crippen LogP contribution >= 0.6 is 0 Å². The molecule has 0 radical (unpaired) electrons. The molecule has 0 aliphatic carbocycles. The Balaban J connectivity index is 1.78. The minimum atomic E-state index is 0.125. The molecule has 1 amide bonds. The van der Waals surface area contributed by atoms with Crippen LogP contribution in [0.3, 0.4) is 0 Å². The zero-order valence-electron chi connectivity index (χ0n) is 16.1. The van der Waals surface area contributed by atoms with Gasteiger partial charge in [-0.1, -0.05) is 37.3 Å². The van der Waals surface area contributed by atoms with E-state index in [0.29, 0.717) is 19.5 Å². The van der Waals surface area contributed by atoms with Crippen LogP contribution in [0.2, 0.25) is 0 Å². The molecule has 3 aromatic rings. The summed E-state index contributed by atoms with van der Waals surface area (Å²) in [4.78, 5) is 16.5. The van der Waals surface area contributed by atoms with E-state index in [1.165, 1.54) is 0 Å². The molecule has 27 heavy (non-hydrogen) atoms. The first-order chi connectivity index (χ1) is 13.2. The van der Waals surface area contributed by atoms with E-state index in [2.05, 4.69) is 22.0 Å². The van der Waals surface area contributed by atoms with Gasteiger partial charge in [-0.3, -0.25) is 4.79 Å². The summed E-state index contributed by atoms with van der Waals surface area (Å²) in [6.45, 7) is 3.40. The minimum absolute atomic E-state index is 0.125. The molecule has 1 aromatic heterocycles. The monoisotopic (exact) mass is 365 g/mol. The average Bonchev–Trinajstić information content (AvgIpc) is 3.03. The molecule has 0 saturated carbocycles. The van der Waals surface area contributed by atoms with Crippen LogP contribution in [0.4, 0.5) is 0 Å². The number of methoxy groups -OCH3 is 1. The van der Waals surface area contributed by atoms with Crippen molar-refractivity contribution in [2.75, 3.05) is 13.7 Å². The summed E-state index contributed by atoms with van der Waals surface area (Å²) in [6.07, 6.45) is 3.15. The maximum Gasteiger partial charge on any atom is 0.219 e. The maximum atomic E-state index is 11.6. The van der Waals surface area contributed by atoms with E-state index in [0.717, 1.165) is 47.4 Å². The van der Waals surface area contributed by atoms with Gasteiger partial charge in [-0.25, -0.2) is 4.98 Å². The number of hydrogen-bond donors (Lipinski definition) is 1. The van der Waals surface area contributed by atoms with Gasteiger partial charge in [0.25, 0.3) is 0 Å². The summed E-state index contributed by atoms with van der Waals surface area (Å²) in [7, 11) is 1.70. The number of carbonyl (C=O) groups excluding carboxylic acids is 1.